The van der Waals surface area contributed by atoms with E-state index in [9.17, 15) is 17.6 Å². The Balaban J connectivity index is 2.20. The van der Waals surface area contributed by atoms with Crippen LogP contribution in [0.1, 0.15) is 12.5 Å². The Morgan fingerprint density at radius 1 is 1.04 bits per heavy atom. The van der Waals surface area contributed by atoms with Crippen LogP contribution >= 0.6 is 0 Å². The van der Waals surface area contributed by atoms with Crippen LogP contribution in [0.2, 0.25) is 0 Å². The van der Waals surface area contributed by atoms with Crippen LogP contribution in [-0.2, 0) is 6.18 Å². The molecule has 0 amide bonds. The smallest absolute Gasteiger partial charge is 0.369 e. The van der Waals surface area contributed by atoms with E-state index in [-0.39, 0.29) is 11.5 Å². The van der Waals surface area contributed by atoms with Gasteiger partial charge in [-0.2, -0.15) is 23.1 Å². The van der Waals surface area contributed by atoms with Gasteiger partial charge in [-0.1, -0.05) is 6.92 Å². The highest BCUT2D eigenvalue weighted by atomic mass is 19.4. The second-order valence-corrected chi connectivity index (χ2v) is 5.31. The Labute approximate surface area is 148 Å². The number of halogens is 4. The lowest BCUT2D eigenvalue weighted by atomic mass is 10.2. The minimum absolute atomic E-state index is 0.0677. The van der Waals surface area contributed by atoms with Crippen molar-refractivity contribution in [1.82, 2.24) is 15.3 Å². The summed E-state index contributed by atoms with van der Waals surface area (Å²) < 4.78 is 51.9. The van der Waals surface area contributed by atoms with Gasteiger partial charge in [0, 0.05) is 31.9 Å². The molecule has 26 heavy (non-hydrogen) atoms. The first kappa shape index (κ1) is 19.7. The van der Waals surface area contributed by atoms with Gasteiger partial charge in [0.1, 0.15) is 17.5 Å². The van der Waals surface area contributed by atoms with Gasteiger partial charge in [-0.3, -0.25) is 0 Å². The molecular formula is C16H20F4N6. The first-order valence-electron chi connectivity index (χ1n) is 7.98. The average Bonchev–Trinajstić information content (AvgIpc) is 2.59. The maximum Gasteiger partial charge on any atom is 0.419 e. The van der Waals surface area contributed by atoms with Crippen molar-refractivity contribution < 1.29 is 17.6 Å². The number of nitrogens with one attached hydrogen (secondary N) is 4. The summed E-state index contributed by atoms with van der Waals surface area (Å²) in [6.45, 7) is 4.17. The van der Waals surface area contributed by atoms with Crippen molar-refractivity contribution in [1.29, 1.82) is 0 Å². The lowest BCUT2D eigenvalue weighted by Crippen LogP contribution is -2.22. The molecule has 0 saturated heterocycles. The molecule has 1 heterocycles. The first-order valence-corrected chi connectivity index (χ1v) is 7.98. The third-order valence-electron chi connectivity index (χ3n) is 3.35. The minimum atomic E-state index is -4.78. The van der Waals surface area contributed by atoms with Crippen LogP contribution in [0.4, 0.5) is 40.8 Å². The molecule has 0 aliphatic rings. The van der Waals surface area contributed by atoms with Crippen LogP contribution in [0, 0.1) is 5.82 Å². The highest BCUT2D eigenvalue weighted by Crippen LogP contribution is 2.33. The summed E-state index contributed by atoms with van der Waals surface area (Å²) in [6.07, 6.45) is -4.78. The Hall–Kier alpha value is -2.62. The van der Waals surface area contributed by atoms with Crippen molar-refractivity contribution in [2.24, 2.45) is 0 Å². The number of hydrogen-bond acceptors (Lipinski definition) is 6. The fourth-order valence-electron chi connectivity index (χ4n) is 2.14. The number of benzene rings is 1. The third kappa shape index (κ3) is 5.45. The van der Waals surface area contributed by atoms with Gasteiger partial charge in [0.25, 0.3) is 0 Å². The van der Waals surface area contributed by atoms with Crippen molar-refractivity contribution in [3.8, 4) is 0 Å². The Morgan fingerprint density at radius 2 is 1.77 bits per heavy atom. The summed E-state index contributed by atoms with van der Waals surface area (Å²) in [7, 11) is 1.63. The van der Waals surface area contributed by atoms with Crippen molar-refractivity contribution in [2.75, 3.05) is 42.6 Å². The molecule has 0 radical (unpaired) electrons. The van der Waals surface area contributed by atoms with E-state index in [1.807, 2.05) is 6.92 Å². The highest BCUT2D eigenvalue weighted by Gasteiger charge is 2.34. The molecule has 0 bridgehead atoms. The summed E-state index contributed by atoms with van der Waals surface area (Å²) in [5.41, 5.74) is -1.27. The number of alkyl halides is 3. The number of anilines is 4. The molecule has 0 fully saturated rings. The summed E-state index contributed by atoms with van der Waals surface area (Å²) >= 11 is 0. The minimum Gasteiger partial charge on any atom is -0.369 e. The van der Waals surface area contributed by atoms with Gasteiger partial charge in [0.05, 0.1) is 5.56 Å². The predicted octanol–water partition coefficient (Wildman–Crippen LogP) is 3.44. The van der Waals surface area contributed by atoms with Crippen LogP contribution in [0.5, 0.6) is 0 Å². The van der Waals surface area contributed by atoms with Crippen LogP contribution in [0.3, 0.4) is 0 Å². The Morgan fingerprint density at radius 3 is 2.42 bits per heavy atom. The summed E-state index contributed by atoms with van der Waals surface area (Å²) in [5.74, 6) is -0.260. The zero-order valence-electron chi connectivity index (χ0n) is 14.3. The van der Waals surface area contributed by atoms with E-state index in [4.69, 9.17) is 0 Å². The van der Waals surface area contributed by atoms with Gasteiger partial charge < -0.3 is 21.3 Å². The van der Waals surface area contributed by atoms with E-state index in [0.29, 0.717) is 24.4 Å². The molecule has 0 aliphatic carbocycles. The van der Waals surface area contributed by atoms with Crippen molar-refractivity contribution in [2.45, 2.75) is 13.1 Å². The van der Waals surface area contributed by atoms with Crippen LogP contribution in [0.15, 0.2) is 24.3 Å². The zero-order valence-corrected chi connectivity index (χ0v) is 14.3. The predicted molar refractivity (Wildman–Crippen MR) is 93.3 cm³/mol. The van der Waals surface area contributed by atoms with Gasteiger partial charge in [0.2, 0.25) is 5.95 Å². The Bertz CT molecular complexity index is 735. The van der Waals surface area contributed by atoms with Gasteiger partial charge in [-0.25, -0.2) is 4.39 Å². The third-order valence-corrected chi connectivity index (χ3v) is 3.35. The fourth-order valence-corrected chi connectivity index (χ4v) is 2.14. The molecule has 142 valence electrons. The van der Waals surface area contributed by atoms with Crippen molar-refractivity contribution in [3.63, 3.8) is 0 Å². The van der Waals surface area contributed by atoms with E-state index >= 15 is 0 Å². The van der Waals surface area contributed by atoms with Crippen molar-refractivity contribution >= 4 is 23.3 Å². The molecule has 1 aromatic carbocycles. The van der Waals surface area contributed by atoms with E-state index in [0.717, 1.165) is 19.2 Å². The summed E-state index contributed by atoms with van der Waals surface area (Å²) in [5, 5.41) is 11.8. The van der Waals surface area contributed by atoms with E-state index < -0.39 is 17.6 Å². The molecule has 0 unspecified atom stereocenters. The first-order chi connectivity index (χ1) is 12.3. The molecule has 0 atom stereocenters. The molecule has 1 aromatic heterocycles. The molecule has 0 spiro atoms. The molecule has 4 N–H and O–H groups in total. The molecule has 2 rings (SSSR count). The molecule has 6 nitrogen and oxygen atoms in total. The fraction of sp³-hybridized carbons (Fsp3) is 0.375. The van der Waals surface area contributed by atoms with E-state index in [2.05, 4.69) is 31.2 Å². The molecule has 0 saturated carbocycles. The van der Waals surface area contributed by atoms with Crippen LogP contribution in [-0.4, -0.2) is 36.6 Å². The number of nitrogens with zero attached hydrogens (tertiary/aromatic N) is 2. The summed E-state index contributed by atoms with van der Waals surface area (Å²) in [6, 6.07) is 4.24. The normalized spacial score (nSPS) is 11.3. The number of rotatable bonds is 8. The summed E-state index contributed by atoms with van der Waals surface area (Å²) in [4.78, 5) is 8.36. The SMILES string of the molecule is CCNCCNc1cc(Nc2ccc(F)c(C(F)(F)F)c2)nc(NC)n1. The molecule has 10 heteroatoms. The largest absolute Gasteiger partial charge is 0.419 e. The highest BCUT2D eigenvalue weighted by molar-refractivity contribution is 5.62. The topological polar surface area (TPSA) is 73.9 Å². The maximum absolute atomic E-state index is 13.4. The average molecular weight is 372 g/mol. The lowest BCUT2D eigenvalue weighted by Gasteiger charge is -2.13. The zero-order chi connectivity index (χ0) is 19.2. The van der Waals surface area contributed by atoms with Crippen LogP contribution < -0.4 is 21.3 Å². The van der Waals surface area contributed by atoms with Gasteiger partial charge >= 0.3 is 6.18 Å². The molecular weight excluding hydrogens is 352 g/mol. The Kier molecular flexibility index (Phi) is 6.56. The van der Waals surface area contributed by atoms with Crippen LogP contribution in [0.25, 0.3) is 0 Å². The second kappa shape index (κ2) is 8.65. The standard InChI is InChI=1S/C16H20F4N6/c1-3-22-6-7-23-13-9-14(26-15(21-2)25-13)24-10-4-5-12(17)11(8-10)16(18,19)20/h4-5,8-9,22H,3,6-7H2,1-2H3,(H3,21,23,24,25,26). The van der Waals surface area contributed by atoms with E-state index in [1.165, 1.54) is 6.07 Å². The molecule has 2 aromatic rings. The van der Waals surface area contributed by atoms with Gasteiger partial charge in [0.15, 0.2) is 0 Å². The number of hydrogen-bond donors (Lipinski definition) is 4. The maximum atomic E-state index is 13.4. The second-order valence-electron chi connectivity index (χ2n) is 5.31. The van der Waals surface area contributed by atoms with Crippen molar-refractivity contribution in [3.05, 3.63) is 35.6 Å². The molecule has 0 aliphatic heterocycles. The quantitative estimate of drug-likeness (QED) is 0.420. The van der Waals surface area contributed by atoms with Gasteiger partial charge in [-0.15, -0.1) is 0 Å². The lowest BCUT2D eigenvalue weighted by molar-refractivity contribution is -0.139. The van der Waals surface area contributed by atoms with E-state index in [1.54, 1.807) is 13.1 Å². The number of likely N-dealkylation sites (N-methyl/N-ethyl adjacent to an activating group) is 1. The number of aromatic nitrogens is 2. The monoisotopic (exact) mass is 372 g/mol. The van der Waals surface area contributed by atoms with Gasteiger partial charge in [-0.05, 0) is 24.7 Å².